The first-order chi connectivity index (χ1) is 25.4. The second-order valence-electron chi connectivity index (χ2n) is 9.73. The van der Waals surface area contributed by atoms with Gasteiger partial charge in [-0.1, -0.05) is 0 Å². The molecular weight excluding hydrogens is 990 g/mol. The monoisotopic (exact) mass is 990 g/mol. The molecule has 0 aromatic carbocycles. The lowest BCUT2D eigenvalue weighted by atomic mass is 10.2. The molecule has 0 aliphatic heterocycles. The van der Waals surface area contributed by atoms with Crippen molar-refractivity contribution in [2.75, 3.05) is 0 Å². The average Bonchev–Trinajstić information content (AvgIpc) is 2.95. The molecule has 0 rings (SSSR count). The normalized spacial score (nSPS) is 16.2. The summed E-state index contributed by atoms with van der Waals surface area (Å²) in [6.45, 7) is 0. The van der Waals surface area contributed by atoms with Crippen LogP contribution in [-0.2, 0) is 38.3 Å². The number of halogens is 34. The zero-order valence-electron chi connectivity index (χ0n) is 25.1. The van der Waals surface area contributed by atoms with Crippen LogP contribution in [0.15, 0.2) is 0 Å². The molecular formula is C18F34O8. The predicted molar refractivity (Wildman–Crippen MR) is 97.9 cm³/mol. The Kier molecular flexibility index (Phi) is 14.1. The molecule has 0 aliphatic carbocycles. The summed E-state index contributed by atoms with van der Waals surface area (Å²) in [5, 5.41) is 0. The van der Waals surface area contributed by atoms with E-state index in [4.69, 9.17) is 0 Å². The van der Waals surface area contributed by atoms with E-state index in [0.29, 0.717) is 0 Å². The van der Waals surface area contributed by atoms with Gasteiger partial charge in [0.1, 0.15) is 0 Å². The summed E-state index contributed by atoms with van der Waals surface area (Å²) in [5.74, 6) is -62.1. The molecule has 0 amide bonds. The molecule has 0 heterocycles. The van der Waals surface area contributed by atoms with E-state index in [-0.39, 0.29) is 0 Å². The fourth-order valence-electron chi connectivity index (χ4n) is 2.30. The van der Waals surface area contributed by atoms with E-state index in [1.165, 1.54) is 0 Å². The van der Waals surface area contributed by atoms with Crippen molar-refractivity contribution < 1.29 is 188 Å². The van der Waals surface area contributed by atoms with Crippen LogP contribution >= 0.6 is 0 Å². The molecule has 0 unspecified atom stereocenters. The molecule has 0 aliphatic rings. The molecule has 60 heavy (non-hydrogen) atoms. The highest BCUT2D eigenvalue weighted by Crippen LogP contribution is 2.57. The Morgan fingerprint density at radius 1 is 0.250 bits per heavy atom. The maximum Gasteiger partial charge on any atom is 0.462 e. The smallest absolute Gasteiger partial charge is 0.248 e. The number of rotatable bonds is 16. The van der Waals surface area contributed by atoms with Gasteiger partial charge in [-0.15, -0.1) is 0 Å². The van der Waals surface area contributed by atoms with Crippen LogP contribution in [0.4, 0.5) is 149 Å². The first-order valence-corrected chi connectivity index (χ1v) is 12.0. The van der Waals surface area contributed by atoms with E-state index < -0.39 is 109 Å². The molecule has 0 saturated heterocycles. The summed E-state index contributed by atoms with van der Waals surface area (Å²) in [7, 11) is 0. The first-order valence-electron chi connectivity index (χ1n) is 12.0. The largest absolute Gasteiger partial charge is 0.462 e. The number of hydrogen-bond donors (Lipinski definition) is 0. The predicted octanol–water partition coefficient (Wildman–Crippen LogP) is 9.73. The second kappa shape index (κ2) is 15.0. The van der Waals surface area contributed by atoms with Crippen molar-refractivity contribution in [1.29, 1.82) is 0 Å². The standard InChI is InChI=1S/C18F34O8/c19-3(20,17(51,57-13(43,44)5(23,24)9(31,32)33)58-14(45,46)6(25,26)10(34,35)36)1(53)55-56-2(54)4(21,22)18(52,59-15(47,48)7(27,28)11(37,38)39)60-16(49,50)8(29,30)12(40,41)42. The SMILES string of the molecule is O=C(OOC(=O)C(F)(F)C(F)(OC(F)(F)C(F)(F)C(F)(F)F)OC(F)(F)C(F)(F)C(F)(F)F)C(F)(F)C(F)(OC(F)(F)C(F)(F)C(F)(F)F)OC(F)(F)C(F)(F)C(F)(F)F. The lowest BCUT2D eigenvalue weighted by Gasteiger charge is -2.39. The molecule has 0 bridgehead atoms. The highest BCUT2D eigenvalue weighted by molar-refractivity contribution is 5.82. The van der Waals surface area contributed by atoms with Crippen molar-refractivity contribution in [3.8, 4) is 0 Å². The number of carbonyl (C=O) groups excluding carboxylic acids is 2. The molecule has 0 spiro atoms. The minimum Gasteiger partial charge on any atom is -0.248 e. The van der Waals surface area contributed by atoms with Crippen LogP contribution in [-0.4, -0.2) is 109 Å². The number of carbonyl (C=O) groups is 2. The van der Waals surface area contributed by atoms with E-state index in [1.807, 2.05) is 0 Å². The fourth-order valence-corrected chi connectivity index (χ4v) is 2.30. The molecule has 0 fully saturated rings. The van der Waals surface area contributed by atoms with Gasteiger partial charge in [0.15, 0.2) is 0 Å². The van der Waals surface area contributed by atoms with Gasteiger partial charge >= 0.3 is 109 Å². The fraction of sp³-hybridized carbons (Fsp3) is 0.889. The second-order valence-corrected chi connectivity index (χ2v) is 9.73. The van der Waals surface area contributed by atoms with E-state index >= 15 is 0 Å². The third-order valence-corrected chi connectivity index (χ3v) is 5.38. The Morgan fingerprint density at radius 3 is 0.500 bits per heavy atom. The van der Waals surface area contributed by atoms with Crippen molar-refractivity contribution in [3.05, 3.63) is 0 Å². The topological polar surface area (TPSA) is 89.5 Å². The van der Waals surface area contributed by atoms with Gasteiger partial charge in [-0.25, -0.2) is 38.3 Å². The van der Waals surface area contributed by atoms with Crippen LogP contribution in [0, 0.1) is 0 Å². The highest BCUT2D eigenvalue weighted by Gasteiger charge is 2.86. The van der Waals surface area contributed by atoms with Gasteiger partial charge in [0.25, 0.3) is 0 Å². The minimum absolute atomic E-state index is 1.10. The van der Waals surface area contributed by atoms with Gasteiger partial charge in [0.05, 0.1) is 0 Å². The van der Waals surface area contributed by atoms with Crippen LogP contribution in [0.2, 0.25) is 0 Å². The van der Waals surface area contributed by atoms with E-state index in [9.17, 15) is 159 Å². The van der Waals surface area contributed by atoms with Gasteiger partial charge in [-0.3, -0.25) is 0 Å². The molecule has 0 saturated carbocycles. The van der Waals surface area contributed by atoms with E-state index in [2.05, 4.69) is 0 Å². The maximum absolute atomic E-state index is 14.6. The Morgan fingerprint density at radius 2 is 0.383 bits per heavy atom. The zero-order valence-corrected chi connectivity index (χ0v) is 25.1. The third-order valence-electron chi connectivity index (χ3n) is 5.38. The molecule has 0 radical (unpaired) electrons. The molecule has 0 aromatic heterocycles. The van der Waals surface area contributed by atoms with Crippen molar-refractivity contribution >= 4 is 11.9 Å². The van der Waals surface area contributed by atoms with Crippen molar-refractivity contribution in [2.24, 2.45) is 0 Å². The summed E-state index contributed by atoms with van der Waals surface area (Å²) in [6.07, 6.45) is -66.9. The van der Waals surface area contributed by atoms with Crippen LogP contribution in [0.25, 0.3) is 0 Å². The Labute approximate surface area is 298 Å². The van der Waals surface area contributed by atoms with Gasteiger partial charge in [0.2, 0.25) is 0 Å². The molecule has 0 N–H and O–H groups in total. The Balaban J connectivity index is 7.58. The molecule has 0 atom stereocenters. The number of ether oxygens (including phenoxy) is 4. The number of alkyl halides is 34. The van der Waals surface area contributed by atoms with Crippen LogP contribution in [0.1, 0.15) is 0 Å². The van der Waals surface area contributed by atoms with Crippen molar-refractivity contribution in [1.82, 2.24) is 0 Å². The van der Waals surface area contributed by atoms with Gasteiger partial charge < -0.3 is 0 Å². The van der Waals surface area contributed by atoms with Crippen LogP contribution in [0.5, 0.6) is 0 Å². The highest BCUT2D eigenvalue weighted by atomic mass is 19.5. The van der Waals surface area contributed by atoms with Crippen molar-refractivity contribution in [3.63, 3.8) is 0 Å². The lowest BCUT2D eigenvalue weighted by molar-refractivity contribution is -0.563. The Bertz CT molecular complexity index is 1360. The maximum atomic E-state index is 14.6. The Hall–Kier alpha value is -3.60. The van der Waals surface area contributed by atoms with Crippen LogP contribution < -0.4 is 0 Å². The molecule has 358 valence electrons. The first kappa shape index (κ1) is 56.4. The number of hydrogen-bond acceptors (Lipinski definition) is 8. The van der Waals surface area contributed by atoms with Crippen molar-refractivity contribution in [2.45, 2.75) is 96.8 Å². The van der Waals surface area contributed by atoms with E-state index in [1.54, 1.807) is 9.78 Å². The van der Waals surface area contributed by atoms with Gasteiger partial charge in [0, 0.05) is 0 Å². The quantitative estimate of drug-likeness (QED) is 0.0655. The summed E-state index contributed by atoms with van der Waals surface area (Å²) < 4.78 is 451. The van der Waals surface area contributed by atoms with Gasteiger partial charge in [-0.05, 0) is 0 Å². The van der Waals surface area contributed by atoms with E-state index in [0.717, 1.165) is 18.9 Å². The average molecular weight is 990 g/mol. The summed E-state index contributed by atoms with van der Waals surface area (Å²) in [5.41, 5.74) is 0. The van der Waals surface area contributed by atoms with Gasteiger partial charge in [-0.2, -0.15) is 149 Å². The van der Waals surface area contributed by atoms with Crippen LogP contribution in [0.3, 0.4) is 0 Å². The summed E-state index contributed by atoms with van der Waals surface area (Å²) in [4.78, 5) is 26.1. The molecule has 42 heteroatoms. The third kappa shape index (κ3) is 9.56. The zero-order chi connectivity index (χ0) is 49.4. The summed E-state index contributed by atoms with van der Waals surface area (Å²) in [6, 6.07) is -17.4. The lowest BCUT2D eigenvalue weighted by Crippen LogP contribution is -2.67. The molecule has 8 nitrogen and oxygen atoms in total. The molecule has 0 aromatic rings. The minimum atomic E-state index is -8.72. The summed E-state index contributed by atoms with van der Waals surface area (Å²) >= 11 is 0.